The smallest absolute Gasteiger partial charge is 0.180 e. The van der Waals surface area contributed by atoms with Gasteiger partial charge in [-0.2, -0.15) is 0 Å². The second-order valence-electron chi connectivity index (χ2n) is 4.08. The summed E-state index contributed by atoms with van der Waals surface area (Å²) in [6.45, 7) is 2.08. The molecule has 0 aliphatic rings. The van der Waals surface area contributed by atoms with Crippen LogP contribution in [0.3, 0.4) is 0 Å². The van der Waals surface area contributed by atoms with Crippen molar-refractivity contribution in [2.45, 2.75) is 26.2 Å². The Kier molecular flexibility index (Phi) is 4.04. The summed E-state index contributed by atoms with van der Waals surface area (Å²) in [4.78, 5) is 20.2. The minimum Gasteiger partial charge on any atom is -0.375 e. The molecule has 0 atom stereocenters. The first-order valence-electron chi connectivity index (χ1n) is 5.82. The Labute approximate surface area is 110 Å². The van der Waals surface area contributed by atoms with E-state index in [2.05, 4.69) is 16.9 Å². The summed E-state index contributed by atoms with van der Waals surface area (Å²) in [5.74, 6) is 0.108. The Morgan fingerprint density at radius 1 is 1.33 bits per heavy atom. The van der Waals surface area contributed by atoms with Gasteiger partial charge in [-0.05, 0) is 18.1 Å². The number of ketones is 1. The van der Waals surface area contributed by atoms with Gasteiger partial charge in [0.05, 0.1) is 12.1 Å². The number of nitrogens with zero attached hydrogens (tertiary/aromatic N) is 2. The molecule has 2 rings (SSSR count). The van der Waals surface area contributed by atoms with E-state index in [0.717, 1.165) is 17.8 Å². The molecule has 0 radical (unpaired) electrons. The third-order valence-electron chi connectivity index (χ3n) is 2.62. The van der Waals surface area contributed by atoms with E-state index < -0.39 is 0 Å². The fourth-order valence-corrected chi connectivity index (χ4v) is 2.20. The van der Waals surface area contributed by atoms with Gasteiger partial charge in [0.15, 0.2) is 5.13 Å². The minimum atomic E-state index is 0.108. The fourth-order valence-electron chi connectivity index (χ4n) is 1.64. The zero-order chi connectivity index (χ0) is 13.0. The lowest BCUT2D eigenvalue weighted by Crippen LogP contribution is -2.08. The van der Waals surface area contributed by atoms with E-state index in [0.29, 0.717) is 18.0 Å². The number of carbonyl (C=O) groups is 1. The highest BCUT2D eigenvalue weighted by molar-refractivity contribution is 7.13. The van der Waals surface area contributed by atoms with E-state index in [1.165, 1.54) is 16.9 Å². The quantitative estimate of drug-likeness (QED) is 0.894. The molecule has 0 saturated carbocycles. The van der Waals surface area contributed by atoms with E-state index in [9.17, 15) is 4.79 Å². The van der Waals surface area contributed by atoms with Crippen LogP contribution in [-0.4, -0.2) is 15.8 Å². The van der Waals surface area contributed by atoms with E-state index in [1.807, 2.05) is 23.7 Å². The molecule has 0 spiro atoms. The van der Waals surface area contributed by atoms with Crippen LogP contribution < -0.4 is 5.73 Å². The minimum absolute atomic E-state index is 0.108. The molecule has 0 aliphatic carbocycles. The Hall–Kier alpha value is -1.75. The predicted octanol–water partition coefficient (Wildman–Crippen LogP) is 2.04. The Morgan fingerprint density at radius 2 is 2.11 bits per heavy atom. The monoisotopic (exact) mass is 261 g/mol. The standard InChI is InChI=1S/C13H15N3OS/c1-2-9-3-4-10(15-7-9)5-12(17)6-11-8-18-13(14)16-11/h3-4,7-8H,2,5-6H2,1H3,(H2,14,16). The number of nitrogens with two attached hydrogens (primary N) is 1. The second-order valence-corrected chi connectivity index (χ2v) is 4.97. The van der Waals surface area contributed by atoms with Crippen molar-refractivity contribution in [2.75, 3.05) is 5.73 Å². The number of aryl methyl sites for hydroxylation is 1. The molecule has 18 heavy (non-hydrogen) atoms. The fraction of sp³-hybridized carbons (Fsp3) is 0.308. The number of hydrogen-bond donors (Lipinski definition) is 1. The molecule has 2 heterocycles. The number of rotatable bonds is 5. The maximum absolute atomic E-state index is 11.8. The summed E-state index contributed by atoms with van der Waals surface area (Å²) >= 11 is 1.36. The van der Waals surface area contributed by atoms with Crippen LogP contribution in [-0.2, 0) is 24.1 Å². The van der Waals surface area contributed by atoms with Crippen molar-refractivity contribution in [2.24, 2.45) is 0 Å². The lowest BCUT2D eigenvalue weighted by Gasteiger charge is -2.00. The molecule has 0 saturated heterocycles. The summed E-state index contributed by atoms with van der Waals surface area (Å²) in [6.07, 6.45) is 3.45. The van der Waals surface area contributed by atoms with Crippen LogP contribution in [0.5, 0.6) is 0 Å². The van der Waals surface area contributed by atoms with Gasteiger partial charge < -0.3 is 5.73 Å². The molecule has 0 bridgehead atoms. The van der Waals surface area contributed by atoms with Crippen molar-refractivity contribution < 1.29 is 4.79 Å². The molecule has 2 aromatic rings. The van der Waals surface area contributed by atoms with Gasteiger partial charge in [-0.3, -0.25) is 9.78 Å². The SMILES string of the molecule is CCc1ccc(CC(=O)Cc2csc(N)n2)nc1. The number of thiazole rings is 1. The average Bonchev–Trinajstić information content (AvgIpc) is 2.75. The molecule has 2 aromatic heterocycles. The first kappa shape index (κ1) is 12.7. The van der Waals surface area contributed by atoms with Crippen LogP contribution >= 0.6 is 11.3 Å². The molecule has 94 valence electrons. The molecule has 0 aromatic carbocycles. The van der Waals surface area contributed by atoms with Gasteiger partial charge in [0.1, 0.15) is 5.78 Å². The lowest BCUT2D eigenvalue weighted by molar-refractivity contribution is -0.117. The number of carbonyl (C=O) groups excluding carboxylic acids is 1. The third-order valence-corrected chi connectivity index (χ3v) is 3.34. The first-order chi connectivity index (χ1) is 8.67. The average molecular weight is 261 g/mol. The molecule has 0 unspecified atom stereocenters. The van der Waals surface area contributed by atoms with E-state index in [4.69, 9.17) is 5.73 Å². The molecule has 0 amide bonds. The zero-order valence-corrected chi connectivity index (χ0v) is 11.0. The highest BCUT2D eigenvalue weighted by atomic mass is 32.1. The molecular weight excluding hydrogens is 246 g/mol. The van der Waals surface area contributed by atoms with Gasteiger partial charge in [-0.25, -0.2) is 4.98 Å². The largest absolute Gasteiger partial charge is 0.375 e. The summed E-state index contributed by atoms with van der Waals surface area (Å²) < 4.78 is 0. The Morgan fingerprint density at radius 3 is 2.67 bits per heavy atom. The van der Waals surface area contributed by atoms with Crippen molar-refractivity contribution in [3.05, 3.63) is 40.7 Å². The molecule has 0 fully saturated rings. The third kappa shape index (κ3) is 3.37. The second kappa shape index (κ2) is 5.73. The van der Waals surface area contributed by atoms with Crippen LogP contribution in [0.2, 0.25) is 0 Å². The zero-order valence-electron chi connectivity index (χ0n) is 10.2. The molecule has 4 nitrogen and oxygen atoms in total. The molecule has 0 aliphatic heterocycles. The van der Waals surface area contributed by atoms with Crippen molar-refractivity contribution in [1.29, 1.82) is 0 Å². The van der Waals surface area contributed by atoms with Crippen molar-refractivity contribution in [3.63, 3.8) is 0 Å². The van der Waals surface area contributed by atoms with Crippen LogP contribution in [0.4, 0.5) is 5.13 Å². The number of nitrogen functional groups attached to an aromatic ring is 1. The lowest BCUT2D eigenvalue weighted by atomic mass is 10.1. The maximum atomic E-state index is 11.8. The highest BCUT2D eigenvalue weighted by Gasteiger charge is 2.08. The number of aromatic nitrogens is 2. The van der Waals surface area contributed by atoms with Crippen LogP contribution in [0.25, 0.3) is 0 Å². The van der Waals surface area contributed by atoms with E-state index in [1.54, 1.807) is 0 Å². The highest BCUT2D eigenvalue weighted by Crippen LogP contribution is 2.12. The summed E-state index contributed by atoms with van der Waals surface area (Å²) in [5.41, 5.74) is 8.25. The summed E-state index contributed by atoms with van der Waals surface area (Å²) in [6, 6.07) is 3.92. The van der Waals surface area contributed by atoms with Crippen LogP contribution in [0.1, 0.15) is 23.9 Å². The number of anilines is 1. The molecular formula is C13H15N3OS. The van der Waals surface area contributed by atoms with Crippen LogP contribution in [0, 0.1) is 0 Å². The normalized spacial score (nSPS) is 10.5. The maximum Gasteiger partial charge on any atom is 0.180 e. The summed E-state index contributed by atoms with van der Waals surface area (Å²) in [5, 5.41) is 2.32. The number of hydrogen-bond acceptors (Lipinski definition) is 5. The summed E-state index contributed by atoms with van der Waals surface area (Å²) in [7, 11) is 0. The molecule has 2 N–H and O–H groups in total. The van der Waals surface area contributed by atoms with Gasteiger partial charge in [0.25, 0.3) is 0 Å². The van der Waals surface area contributed by atoms with E-state index >= 15 is 0 Å². The van der Waals surface area contributed by atoms with Gasteiger partial charge in [0, 0.05) is 23.7 Å². The van der Waals surface area contributed by atoms with E-state index in [-0.39, 0.29) is 5.78 Å². The van der Waals surface area contributed by atoms with Gasteiger partial charge in [0.2, 0.25) is 0 Å². The Balaban J connectivity index is 1.94. The van der Waals surface area contributed by atoms with Crippen molar-refractivity contribution in [1.82, 2.24) is 9.97 Å². The number of pyridine rings is 1. The van der Waals surface area contributed by atoms with Gasteiger partial charge in [-0.1, -0.05) is 13.0 Å². The topological polar surface area (TPSA) is 68.9 Å². The first-order valence-corrected chi connectivity index (χ1v) is 6.70. The Bertz CT molecular complexity index is 533. The van der Waals surface area contributed by atoms with Crippen molar-refractivity contribution in [3.8, 4) is 0 Å². The van der Waals surface area contributed by atoms with Crippen LogP contribution in [0.15, 0.2) is 23.7 Å². The van der Waals surface area contributed by atoms with Crippen molar-refractivity contribution >= 4 is 22.3 Å². The number of Topliss-reactive ketones (excluding diaryl/α,β-unsaturated/α-hetero) is 1. The predicted molar refractivity (Wildman–Crippen MR) is 72.6 cm³/mol. The van der Waals surface area contributed by atoms with Gasteiger partial charge >= 0.3 is 0 Å². The molecule has 5 heteroatoms. The van der Waals surface area contributed by atoms with Gasteiger partial charge in [-0.15, -0.1) is 11.3 Å².